The van der Waals surface area contributed by atoms with Crippen LogP contribution in [0.5, 0.6) is 5.75 Å². The summed E-state index contributed by atoms with van der Waals surface area (Å²) in [5, 5.41) is 0.554. The molecule has 31 heavy (non-hydrogen) atoms. The molecule has 3 rings (SSSR count). The van der Waals surface area contributed by atoms with Crippen LogP contribution in [0.1, 0.15) is 71.6 Å². The Hall–Kier alpha value is -1.15. The highest BCUT2D eigenvalue weighted by atomic mass is 35.5. The number of hydrogen-bond acceptors (Lipinski definition) is 5. The normalized spacial score (nSPS) is 21.7. The highest BCUT2D eigenvalue weighted by Crippen LogP contribution is 2.54. The summed E-state index contributed by atoms with van der Waals surface area (Å²) in [6.07, 6.45) is 2.14. The van der Waals surface area contributed by atoms with Crippen LogP contribution in [0, 0.1) is 5.41 Å². The van der Waals surface area contributed by atoms with Gasteiger partial charge in [0.05, 0.1) is 18.2 Å². The smallest absolute Gasteiger partial charge is 0.410 e. The number of ether oxygens (including phenoxy) is 2. The van der Waals surface area contributed by atoms with E-state index in [1.165, 1.54) is 0 Å². The van der Waals surface area contributed by atoms with Crippen LogP contribution in [-0.4, -0.2) is 46.1 Å². The first kappa shape index (κ1) is 24.5. The van der Waals surface area contributed by atoms with Crippen molar-refractivity contribution >= 4 is 29.1 Å². The number of nitrogens with zero attached hydrogens (tertiary/aromatic N) is 1. The Balaban J connectivity index is 1.87. The maximum absolute atomic E-state index is 13.1. The van der Waals surface area contributed by atoms with Gasteiger partial charge in [0.2, 0.25) is 0 Å². The molecule has 2 aliphatic rings. The van der Waals surface area contributed by atoms with Gasteiger partial charge in [0.1, 0.15) is 16.1 Å². The summed E-state index contributed by atoms with van der Waals surface area (Å²) >= 11 is 5.22. The zero-order valence-electron chi connectivity index (χ0n) is 19.6. The number of carbonyl (C=O) groups excluding carboxylic acids is 1. The molecule has 8 heteroatoms. The third kappa shape index (κ3) is 5.27. The number of hydrogen-bond donors (Lipinski definition) is 1. The van der Waals surface area contributed by atoms with Gasteiger partial charge in [0, 0.05) is 29.9 Å². The molecule has 1 aromatic carbocycles. The number of carbonyl (C=O) groups is 1. The maximum Gasteiger partial charge on any atom is 0.410 e. The van der Waals surface area contributed by atoms with Crippen molar-refractivity contribution in [2.24, 2.45) is 5.41 Å². The standard InChI is InChI=1S/C23H35ClN2O4S/c1-21(2,3)30-20(27)26-10-8-23(9-11-26)14-15-12-18(29-7)17(24)13-16(15)19(23)25-31(28)22(4,5)6/h12-13,19,25H,8-11,14H2,1-7H3/t19-,31?/m1/s1. The minimum Gasteiger partial charge on any atom is -0.598 e. The molecule has 1 fully saturated rings. The number of amides is 1. The fourth-order valence-electron chi connectivity index (χ4n) is 4.40. The second-order valence-electron chi connectivity index (χ2n) is 10.6. The number of methoxy groups -OCH3 is 1. The van der Waals surface area contributed by atoms with Crippen LogP contribution in [-0.2, 0) is 22.5 Å². The lowest BCUT2D eigenvalue weighted by atomic mass is 9.73. The molecule has 0 bridgehead atoms. The fourth-order valence-corrected chi connectivity index (χ4v) is 5.59. The summed E-state index contributed by atoms with van der Waals surface area (Å²) < 4.78 is 27.1. The molecule has 0 saturated carbocycles. The Kier molecular flexibility index (Phi) is 6.84. The molecule has 1 heterocycles. The molecule has 0 radical (unpaired) electrons. The van der Waals surface area contributed by atoms with Crippen molar-refractivity contribution in [3.8, 4) is 5.75 Å². The predicted octanol–water partition coefficient (Wildman–Crippen LogP) is 5.01. The van der Waals surface area contributed by atoms with Gasteiger partial charge >= 0.3 is 6.09 Å². The molecule has 1 aromatic rings. The van der Waals surface area contributed by atoms with Gasteiger partial charge in [-0.2, -0.15) is 0 Å². The third-order valence-corrected chi connectivity index (χ3v) is 7.93. The van der Waals surface area contributed by atoms with Gasteiger partial charge in [-0.15, -0.1) is 4.72 Å². The molecule has 174 valence electrons. The van der Waals surface area contributed by atoms with Gasteiger partial charge in [-0.3, -0.25) is 0 Å². The van der Waals surface area contributed by atoms with Crippen molar-refractivity contribution in [2.75, 3.05) is 20.2 Å². The minimum atomic E-state index is -1.24. The minimum absolute atomic E-state index is 0.105. The average Bonchev–Trinajstić information content (AvgIpc) is 2.91. The number of rotatable bonds is 3. The molecular formula is C23H35ClN2O4S. The van der Waals surface area contributed by atoms with Crippen molar-refractivity contribution in [3.63, 3.8) is 0 Å². The van der Waals surface area contributed by atoms with E-state index in [0.29, 0.717) is 23.9 Å². The molecule has 1 spiro atoms. The van der Waals surface area contributed by atoms with E-state index in [-0.39, 0.29) is 17.6 Å². The van der Waals surface area contributed by atoms with E-state index in [9.17, 15) is 9.35 Å². The number of benzene rings is 1. The number of piperidine rings is 1. The van der Waals surface area contributed by atoms with Crippen molar-refractivity contribution in [3.05, 3.63) is 28.3 Å². The first-order valence-electron chi connectivity index (χ1n) is 10.8. The van der Waals surface area contributed by atoms with Crippen LogP contribution < -0.4 is 9.46 Å². The van der Waals surface area contributed by atoms with Crippen molar-refractivity contribution < 1.29 is 18.8 Å². The zero-order chi connectivity index (χ0) is 23.2. The van der Waals surface area contributed by atoms with Crippen LogP contribution in [0.15, 0.2) is 12.1 Å². The number of nitrogens with one attached hydrogen (secondary N) is 1. The van der Waals surface area contributed by atoms with E-state index in [0.717, 1.165) is 30.4 Å². The van der Waals surface area contributed by atoms with Gasteiger partial charge in [-0.1, -0.05) is 11.6 Å². The molecule has 2 atom stereocenters. The van der Waals surface area contributed by atoms with Crippen LogP contribution in [0.2, 0.25) is 5.02 Å². The Morgan fingerprint density at radius 3 is 2.35 bits per heavy atom. The predicted molar refractivity (Wildman–Crippen MR) is 125 cm³/mol. The number of likely N-dealkylation sites (tertiary alicyclic amines) is 1. The second kappa shape index (κ2) is 8.65. The lowest BCUT2D eigenvalue weighted by molar-refractivity contribution is 0.00716. The molecule has 1 aliphatic heterocycles. The van der Waals surface area contributed by atoms with E-state index in [4.69, 9.17) is 21.1 Å². The highest BCUT2D eigenvalue weighted by Gasteiger charge is 2.51. The van der Waals surface area contributed by atoms with Gasteiger partial charge < -0.3 is 18.9 Å². The quantitative estimate of drug-likeness (QED) is 0.628. The number of fused-ring (bicyclic) bond motifs is 1. The topological polar surface area (TPSA) is 73.9 Å². The molecule has 1 unspecified atom stereocenters. The largest absolute Gasteiger partial charge is 0.598 e. The van der Waals surface area contributed by atoms with E-state index < -0.39 is 21.7 Å². The first-order valence-corrected chi connectivity index (χ1v) is 12.3. The van der Waals surface area contributed by atoms with Crippen LogP contribution >= 0.6 is 11.6 Å². The molecule has 0 aromatic heterocycles. The van der Waals surface area contributed by atoms with E-state index in [2.05, 4.69) is 4.72 Å². The second-order valence-corrected chi connectivity index (χ2v) is 13.0. The van der Waals surface area contributed by atoms with Gasteiger partial charge in [-0.05, 0) is 84.1 Å². The molecular weight excluding hydrogens is 436 g/mol. The Morgan fingerprint density at radius 1 is 1.23 bits per heavy atom. The van der Waals surface area contributed by atoms with Crippen LogP contribution in [0.3, 0.4) is 0 Å². The average molecular weight is 471 g/mol. The van der Waals surface area contributed by atoms with E-state index in [1.807, 2.05) is 53.7 Å². The zero-order valence-corrected chi connectivity index (χ0v) is 21.2. The van der Waals surface area contributed by atoms with Crippen LogP contribution in [0.25, 0.3) is 0 Å². The van der Waals surface area contributed by atoms with Crippen molar-refractivity contribution in [1.29, 1.82) is 0 Å². The molecule has 1 aliphatic carbocycles. The summed E-state index contributed by atoms with van der Waals surface area (Å²) in [6, 6.07) is 3.84. The summed E-state index contributed by atoms with van der Waals surface area (Å²) in [7, 11) is 1.61. The van der Waals surface area contributed by atoms with Crippen molar-refractivity contribution in [2.45, 2.75) is 77.2 Å². The fraction of sp³-hybridized carbons (Fsp3) is 0.696. The summed E-state index contributed by atoms with van der Waals surface area (Å²) in [5.41, 5.74) is 1.58. The number of halogens is 1. The highest BCUT2D eigenvalue weighted by molar-refractivity contribution is 7.90. The van der Waals surface area contributed by atoms with Gasteiger partial charge in [0.15, 0.2) is 0 Å². The molecule has 1 amide bonds. The summed E-state index contributed by atoms with van der Waals surface area (Å²) in [5.74, 6) is 0.652. The summed E-state index contributed by atoms with van der Waals surface area (Å²) in [6.45, 7) is 12.7. The van der Waals surface area contributed by atoms with Crippen molar-refractivity contribution in [1.82, 2.24) is 9.62 Å². The molecule has 6 nitrogen and oxygen atoms in total. The Labute approximate surface area is 194 Å². The Morgan fingerprint density at radius 2 is 1.84 bits per heavy atom. The van der Waals surface area contributed by atoms with Gasteiger partial charge in [-0.25, -0.2) is 4.79 Å². The maximum atomic E-state index is 13.1. The molecule has 1 N–H and O–H groups in total. The monoisotopic (exact) mass is 470 g/mol. The van der Waals surface area contributed by atoms with Gasteiger partial charge in [0.25, 0.3) is 0 Å². The Bertz CT molecular complexity index is 826. The SMILES string of the molecule is COc1cc2c(cc1Cl)[C@@H](N[S+]([O-])C(C)(C)C)C1(CCN(C(=O)OC(C)(C)C)CC1)C2. The first-order chi connectivity index (χ1) is 14.3. The lowest BCUT2D eigenvalue weighted by Crippen LogP contribution is -2.51. The summed E-state index contributed by atoms with van der Waals surface area (Å²) in [4.78, 5) is 14.3. The third-order valence-electron chi connectivity index (χ3n) is 6.07. The van der Waals surface area contributed by atoms with E-state index >= 15 is 0 Å². The molecule has 1 saturated heterocycles. The van der Waals surface area contributed by atoms with Crippen LogP contribution in [0.4, 0.5) is 4.79 Å². The van der Waals surface area contributed by atoms with E-state index in [1.54, 1.807) is 12.0 Å². The lowest BCUT2D eigenvalue weighted by Gasteiger charge is -2.43.